The Morgan fingerprint density at radius 3 is 2.30 bits per heavy atom. The molecule has 0 saturated heterocycles. The van der Waals surface area contributed by atoms with Crippen LogP contribution in [0.25, 0.3) is 0 Å². The van der Waals surface area contributed by atoms with Crippen LogP contribution in [0.15, 0.2) is 78.9 Å². The van der Waals surface area contributed by atoms with Gasteiger partial charge in [-0.1, -0.05) is 60.2 Å². The number of ether oxygens (including phenoxy) is 2. The van der Waals surface area contributed by atoms with Crippen molar-refractivity contribution < 1.29 is 19.1 Å². The number of rotatable bonds is 8. The third-order valence-corrected chi connectivity index (χ3v) is 4.47. The van der Waals surface area contributed by atoms with E-state index in [1.165, 1.54) is 0 Å². The topological polar surface area (TPSA) is 64.6 Å². The van der Waals surface area contributed by atoms with Gasteiger partial charge in [0.15, 0.2) is 0 Å². The average molecular weight is 403 g/mol. The van der Waals surface area contributed by atoms with E-state index in [0.29, 0.717) is 17.0 Å². The molecule has 0 aliphatic carbocycles. The lowest BCUT2D eigenvalue weighted by Gasteiger charge is -2.18. The lowest BCUT2D eigenvalue weighted by atomic mass is 10.1. The van der Waals surface area contributed by atoms with Crippen molar-refractivity contribution in [2.24, 2.45) is 0 Å². The van der Waals surface area contributed by atoms with Crippen LogP contribution in [0.1, 0.15) is 29.2 Å². The molecule has 1 N–H and O–H groups in total. The first-order valence-corrected chi connectivity index (χ1v) is 9.83. The van der Waals surface area contributed by atoms with Gasteiger partial charge in [-0.05, 0) is 43.7 Å². The monoisotopic (exact) mass is 403 g/mol. The first-order valence-electron chi connectivity index (χ1n) is 9.83. The summed E-state index contributed by atoms with van der Waals surface area (Å²) >= 11 is 0. The summed E-state index contributed by atoms with van der Waals surface area (Å²) in [4.78, 5) is 25.2. The Morgan fingerprint density at radius 2 is 1.60 bits per heavy atom. The highest BCUT2D eigenvalue weighted by molar-refractivity contribution is 5.96. The van der Waals surface area contributed by atoms with Crippen LogP contribution in [0.5, 0.6) is 5.75 Å². The average Bonchev–Trinajstić information content (AvgIpc) is 2.74. The lowest BCUT2D eigenvalue weighted by Crippen LogP contribution is -2.26. The summed E-state index contributed by atoms with van der Waals surface area (Å²) in [5.41, 5.74) is 3.42. The summed E-state index contributed by atoms with van der Waals surface area (Å²) < 4.78 is 11.1. The molecule has 0 bridgehead atoms. The molecule has 0 spiro atoms. The van der Waals surface area contributed by atoms with E-state index in [2.05, 4.69) is 5.32 Å². The number of amides is 1. The minimum absolute atomic E-state index is 0.0368. The molecule has 1 unspecified atom stereocenters. The van der Waals surface area contributed by atoms with Crippen LogP contribution < -0.4 is 10.1 Å². The Hall–Kier alpha value is -3.60. The number of hydrogen-bond acceptors (Lipinski definition) is 4. The molecule has 1 amide bonds. The summed E-state index contributed by atoms with van der Waals surface area (Å²) in [5.74, 6) is -0.215. The van der Waals surface area contributed by atoms with Crippen LogP contribution in [-0.2, 0) is 14.3 Å². The number of carbonyl (C=O) groups is 2. The van der Waals surface area contributed by atoms with E-state index in [-0.39, 0.29) is 13.0 Å². The third kappa shape index (κ3) is 6.21. The zero-order valence-electron chi connectivity index (χ0n) is 17.1. The molecule has 3 rings (SSSR count). The number of benzene rings is 3. The van der Waals surface area contributed by atoms with Gasteiger partial charge >= 0.3 is 5.97 Å². The Balaban J connectivity index is 1.62. The quantitative estimate of drug-likeness (QED) is 0.538. The molecule has 5 heteroatoms. The first kappa shape index (κ1) is 21.1. The smallest absolute Gasteiger partial charge is 0.310 e. The molecule has 5 nitrogen and oxygen atoms in total. The van der Waals surface area contributed by atoms with Crippen molar-refractivity contribution in [1.29, 1.82) is 0 Å². The number of nitrogens with one attached hydrogen (secondary N) is 1. The molecular formula is C25H25NO4. The number of carbonyl (C=O) groups excluding carboxylic acids is 2. The molecule has 0 aliphatic heterocycles. The number of aryl methyl sites for hydroxylation is 2. The predicted molar refractivity (Wildman–Crippen MR) is 116 cm³/mol. The second-order valence-electron chi connectivity index (χ2n) is 7.05. The molecule has 154 valence electrons. The summed E-state index contributed by atoms with van der Waals surface area (Å²) in [5, 5.41) is 2.81. The van der Waals surface area contributed by atoms with Gasteiger partial charge in [-0.25, -0.2) is 0 Å². The van der Waals surface area contributed by atoms with Crippen molar-refractivity contribution in [3.05, 3.63) is 95.6 Å². The fraction of sp³-hybridized carbons (Fsp3) is 0.200. The van der Waals surface area contributed by atoms with Crippen LogP contribution in [0.3, 0.4) is 0 Å². The first-order chi connectivity index (χ1) is 14.5. The fourth-order valence-corrected chi connectivity index (χ4v) is 2.89. The minimum atomic E-state index is -1.04. The van der Waals surface area contributed by atoms with E-state index < -0.39 is 18.0 Å². The lowest BCUT2D eigenvalue weighted by molar-refractivity contribution is -0.155. The van der Waals surface area contributed by atoms with Crippen molar-refractivity contribution in [3.63, 3.8) is 0 Å². The van der Waals surface area contributed by atoms with Gasteiger partial charge in [0.05, 0.1) is 13.0 Å². The van der Waals surface area contributed by atoms with E-state index in [4.69, 9.17) is 9.47 Å². The van der Waals surface area contributed by atoms with Gasteiger partial charge in [0.2, 0.25) is 6.10 Å². The van der Waals surface area contributed by atoms with Crippen molar-refractivity contribution in [3.8, 4) is 5.75 Å². The minimum Gasteiger partial charge on any atom is -0.493 e. The third-order valence-electron chi connectivity index (χ3n) is 4.47. The molecule has 3 aromatic rings. The van der Waals surface area contributed by atoms with Crippen molar-refractivity contribution in [1.82, 2.24) is 0 Å². The largest absolute Gasteiger partial charge is 0.493 e. The predicted octanol–water partition coefficient (Wildman–Crippen LogP) is 5.00. The highest BCUT2D eigenvalue weighted by Gasteiger charge is 2.25. The maximum atomic E-state index is 12.8. The number of esters is 1. The van der Waals surface area contributed by atoms with E-state index in [1.807, 2.05) is 68.4 Å². The second kappa shape index (κ2) is 10.3. The van der Waals surface area contributed by atoms with Gasteiger partial charge in [0, 0.05) is 11.3 Å². The van der Waals surface area contributed by atoms with E-state index in [0.717, 1.165) is 11.1 Å². The molecule has 0 radical (unpaired) electrons. The van der Waals surface area contributed by atoms with Crippen molar-refractivity contribution in [2.45, 2.75) is 26.4 Å². The molecule has 3 aromatic carbocycles. The molecule has 0 aliphatic rings. The van der Waals surface area contributed by atoms with E-state index in [1.54, 1.807) is 24.3 Å². The molecule has 0 aromatic heterocycles. The molecular weight excluding hydrogens is 378 g/mol. The number of anilines is 1. The Kier molecular flexibility index (Phi) is 7.22. The van der Waals surface area contributed by atoms with Crippen LogP contribution in [0.2, 0.25) is 0 Å². The Bertz CT molecular complexity index is 984. The highest BCUT2D eigenvalue weighted by atomic mass is 16.6. The second-order valence-corrected chi connectivity index (χ2v) is 7.05. The maximum absolute atomic E-state index is 12.8. The zero-order chi connectivity index (χ0) is 21.3. The van der Waals surface area contributed by atoms with Crippen LogP contribution >= 0.6 is 0 Å². The molecule has 0 heterocycles. The molecule has 0 saturated carbocycles. The van der Waals surface area contributed by atoms with Crippen LogP contribution in [0, 0.1) is 13.8 Å². The molecule has 30 heavy (non-hydrogen) atoms. The summed E-state index contributed by atoms with van der Waals surface area (Å²) in [6.07, 6.45) is -1.01. The van der Waals surface area contributed by atoms with Gasteiger partial charge < -0.3 is 14.8 Å². The Morgan fingerprint density at radius 1 is 0.867 bits per heavy atom. The van der Waals surface area contributed by atoms with Crippen LogP contribution in [0.4, 0.5) is 5.69 Å². The maximum Gasteiger partial charge on any atom is 0.310 e. The van der Waals surface area contributed by atoms with E-state index in [9.17, 15) is 9.59 Å². The summed E-state index contributed by atoms with van der Waals surface area (Å²) in [6.45, 7) is 4.11. The van der Waals surface area contributed by atoms with Gasteiger partial charge in [0.25, 0.3) is 5.91 Å². The standard InChI is InChI=1S/C25H25NO4/c1-18-11-13-21(14-12-18)26-25(28)24(20-8-4-3-5-9-20)30-23(27)15-16-29-22-10-6-7-19(2)17-22/h3-14,17,24H,15-16H2,1-2H3,(H,26,28). The van der Waals surface area contributed by atoms with Gasteiger partial charge in [-0.15, -0.1) is 0 Å². The van der Waals surface area contributed by atoms with Gasteiger partial charge in [0.1, 0.15) is 5.75 Å². The van der Waals surface area contributed by atoms with Gasteiger partial charge in [-0.3, -0.25) is 9.59 Å². The van der Waals surface area contributed by atoms with Crippen molar-refractivity contribution >= 4 is 17.6 Å². The van der Waals surface area contributed by atoms with Crippen LogP contribution in [-0.4, -0.2) is 18.5 Å². The molecule has 1 atom stereocenters. The summed E-state index contributed by atoms with van der Waals surface area (Å²) in [7, 11) is 0. The van der Waals surface area contributed by atoms with Crippen molar-refractivity contribution in [2.75, 3.05) is 11.9 Å². The summed E-state index contributed by atoms with van der Waals surface area (Å²) in [6, 6.07) is 24.0. The Labute approximate surface area is 176 Å². The highest BCUT2D eigenvalue weighted by Crippen LogP contribution is 2.21. The van der Waals surface area contributed by atoms with E-state index >= 15 is 0 Å². The van der Waals surface area contributed by atoms with Gasteiger partial charge in [-0.2, -0.15) is 0 Å². The number of hydrogen-bond donors (Lipinski definition) is 1. The zero-order valence-corrected chi connectivity index (χ0v) is 17.1. The molecule has 0 fully saturated rings. The fourth-order valence-electron chi connectivity index (χ4n) is 2.89. The normalized spacial score (nSPS) is 11.4. The SMILES string of the molecule is Cc1ccc(NC(=O)C(OC(=O)CCOc2cccc(C)c2)c2ccccc2)cc1.